The van der Waals surface area contributed by atoms with Gasteiger partial charge in [-0.2, -0.15) is 0 Å². The van der Waals surface area contributed by atoms with Crippen LogP contribution in [0.3, 0.4) is 0 Å². The van der Waals surface area contributed by atoms with Gasteiger partial charge in [-0.25, -0.2) is 4.68 Å². The second-order valence-electron chi connectivity index (χ2n) is 6.25. The largest absolute Gasteiger partial charge is 0.220 e. The highest BCUT2D eigenvalue weighted by atomic mass is 15.4. The van der Waals surface area contributed by atoms with Crippen LogP contribution in [0.4, 0.5) is 0 Å². The average Bonchev–Trinajstić information content (AvgIpc) is 3.19. The highest BCUT2D eigenvalue weighted by molar-refractivity contribution is 5.70. The van der Waals surface area contributed by atoms with E-state index in [4.69, 9.17) is 0 Å². The Kier molecular flexibility index (Phi) is 4.44. The third-order valence-electron chi connectivity index (χ3n) is 4.27. The van der Waals surface area contributed by atoms with Crippen molar-refractivity contribution in [3.63, 3.8) is 0 Å². The van der Waals surface area contributed by atoms with E-state index in [1.807, 2.05) is 36.5 Å². The molecule has 4 aromatic rings. The highest BCUT2D eigenvalue weighted by Crippen LogP contribution is 2.18. The van der Waals surface area contributed by atoms with Crippen LogP contribution >= 0.6 is 0 Å². The maximum atomic E-state index is 4.27. The summed E-state index contributed by atoms with van der Waals surface area (Å²) in [6.45, 7) is 2.10. The van der Waals surface area contributed by atoms with Gasteiger partial charge in [0, 0.05) is 5.56 Å². The minimum Gasteiger partial charge on any atom is -0.220 e. The van der Waals surface area contributed by atoms with Crippen molar-refractivity contribution < 1.29 is 0 Å². The summed E-state index contributed by atoms with van der Waals surface area (Å²) in [7, 11) is 0. The first-order valence-electron chi connectivity index (χ1n) is 8.61. The molecule has 0 radical (unpaired) electrons. The molecule has 26 heavy (non-hydrogen) atoms. The second kappa shape index (κ2) is 7.19. The number of hydrogen-bond acceptors (Lipinski definition) is 2. The van der Waals surface area contributed by atoms with Crippen LogP contribution in [0.2, 0.25) is 0 Å². The molecule has 0 aliphatic carbocycles. The van der Waals surface area contributed by atoms with Crippen LogP contribution < -0.4 is 0 Å². The van der Waals surface area contributed by atoms with Crippen molar-refractivity contribution in [3.8, 4) is 16.9 Å². The lowest BCUT2D eigenvalue weighted by atomic mass is 10.1. The normalized spacial score (nSPS) is 11.1. The molecule has 0 atom stereocenters. The van der Waals surface area contributed by atoms with Gasteiger partial charge in [-0.1, -0.05) is 89.7 Å². The number of rotatable bonds is 4. The van der Waals surface area contributed by atoms with E-state index < -0.39 is 0 Å². The molecule has 0 fully saturated rings. The summed E-state index contributed by atoms with van der Waals surface area (Å²) in [5, 5.41) is 8.51. The van der Waals surface area contributed by atoms with Crippen molar-refractivity contribution in [1.29, 1.82) is 0 Å². The van der Waals surface area contributed by atoms with Crippen molar-refractivity contribution in [1.82, 2.24) is 15.0 Å². The molecule has 126 valence electrons. The van der Waals surface area contributed by atoms with E-state index in [-0.39, 0.29) is 0 Å². The Labute approximate surface area is 153 Å². The Morgan fingerprint density at radius 1 is 0.731 bits per heavy atom. The van der Waals surface area contributed by atoms with E-state index in [2.05, 4.69) is 77.9 Å². The molecule has 0 saturated carbocycles. The van der Waals surface area contributed by atoms with Gasteiger partial charge in [0.2, 0.25) is 0 Å². The summed E-state index contributed by atoms with van der Waals surface area (Å²) in [6.07, 6.45) is 6.19. The minimum atomic E-state index is 0.869. The zero-order valence-corrected chi connectivity index (χ0v) is 14.6. The van der Waals surface area contributed by atoms with Gasteiger partial charge in [-0.15, -0.1) is 5.10 Å². The van der Waals surface area contributed by atoms with E-state index >= 15 is 0 Å². The average molecular weight is 337 g/mol. The molecule has 0 aliphatic rings. The topological polar surface area (TPSA) is 30.7 Å². The van der Waals surface area contributed by atoms with Crippen molar-refractivity contribution in [2.24, 2.45) is 0 Å². The monoisotopic (exact) mass is 337 g/mol. The molecule has 0 bridgehead atoms. The molecule has 3 aromatic carbocycles. The number of nitrogens with zero attached hydrogens (tertiary/aromatic N) is 3. The standard InChI is InChI=1S/C23H19N3/c1-18-7-9-19(10-8-18)11-12-20-13-15-22(16-14-20)26-17-23(24-25-26)21-5-3-2-4-6-21/h2-17H,1H3. The zero-order chi connectivity index (χ0) is 17.8. The number of hydrogen-bond donors (Lipinski definition) is 0. The van der Waals surface area contributed by atoms with Crippen LogP contribution in [0.1, 0.15) is 16.7 Å². The summed E-state index contributed by atoms with van der Waals surface area (Å²) in [5.74, 6) is 0. The molecule has 3 heteroatoms. The molecule has 0 unspecified atom stereocenters. The van der Waals surface area contributed by atoms with Gasteiger partial charge in [0.1, 0.15) is 5.69 Å². The highest BCUT2D eigenvalue weighted by Gasteiger charge is 2.04. The first-order chi connectivity index (χ1) is 12.8. The number of aromatic nitrogens is 3. The number of aryl methyl sites for hydroxylation is 1. The zero-order valence-electron chi connectivity index (χ0n) is 14.6. The lowest BCUT2D eigenvalue weighted by Crippen LogP contribution is -1.94. The Morgan fingerprint density at radius 2 is 1.35 bits per heavy atom. The molecular formula is C23H19N3. The van der Waals surface area contributed by atoms with Crippen molar-refractivity contribution in [2.75, 3.05) is 0 Å². The maximum Gasteiger partial charge on any atom is 0.113 e. The van der Waals surface area contributed by atoms with E-state index in [1.54, 1.807) is 4.68 Å². The predicted octanol–water partition coefficient (Wildman–Crippen LogP) is 5.41. The molecule has 0 spiro atoms. The Hall–Kier alpha value is -3.46. The van der Waals surface area contributed by atoms with Crippen LogP contribution in [0, 0.1) is 6.92 Å². The maximum absolute atomic E-state index is 4.27. The Balaban J connectivity index is 1.51. The SMILES string of the molecule is Cc1ccc(C=Cc2ccc(-n3cc(-c4ccccc4)nn3)cc2)cc1. The number of benzene rings is 3. The van der Waals surface area contributed by atoms with Crippen molar-refractivity contribution in [2.45, 2.75) is 6.92 Å². The van der Waals surface area contributed by atoms with Gasteiger partial charge in [-0.3, -0.25) is 0 Å². The molecule has 1 aromatic heterocycles. The summed E-state index contributed by atoms with van der Waals surface area (Å²) in [6, 6.07) is 26.9. The molecule has 4 rings (SSSR count). The van der Waals surface area contributed by atoms with Gasteiger partial charge in [-0.05, 0) is 30.2 Å². The van der Waals surface area contributed by atoms with Gasteiger partial charge in [0.15, 0.2) is 0 Å². The Bertz CT molecular complexity index is 1010. The Morgan fingerprint density at radius 3 is 2.00 bits per heavy atom. The van der Waals surface area contributed by atoms with Crippen molar-refractivity contribution in [3.05, 3.63) is 102 Å². The van der Waals surface area contributed by atoms with Crippen LogP contribution in [0.25, 0.3) is 29.1 Å². The van der Waals surface area contributed by atoms with Crippen LogP contribution in [-0.4, -0.2) is 15.0 Å². The van der Waals surface area contributed by atoms with Gasteiger partial charge in [0.05, 0.1) is 11.9 Å². The smallest absolute Gasteiger partial charge is 0.113 e. The fourth-order valence-corrected chi connectivity index (χ4v) is 2.74. The molecule has 0 N–H and O–H groups in total. The lowest BCUT2D eigenvalue weighted by Gasteiger charge is -2.01. The summed E-state index contributed by atoms with van der Waals surface area (Å²) in [5.41, 5.74) is 6.55. The van der Waals surface area contributed by atoms with Crippen LogP contribution in [0.15, 0.2) is 85.1 Å². The third kappa shape index (κ3) is 3.62. The molecular weight excluding hydrogens is 318 g/mol. The second-order valence-corrected chi connectivity index (χ2v) is 6.25. The minimum absolute atomic E-state index is 0.869. The van der Waals surface area contributed by atoms with E-state index in [0.717, 1.165) is 22.5 Å². The molecule has 0 saturated heterocycles. The van der Waals surface area contributed by atoms with Gasteiger partial charge in [0.25, 0.3) is 0 Å². The van der Waals surface area contributed by atoms with Crippen LogP contribution in [-0.2, 0) is 0 Å². The van der Waals surface area contributed by atoms with Gasteiger partial charge >= 0.3 is 0 Å². The first-order valence-corrected chi connectivity index (χ1v) is 8.61. The quantitative estimate of drug-likeness (QED) is 0.466. The van der Waals surface area contributed by atoms with Crippen LogP contribution in [0.5, 0.6) is 0 Å². The lowest BCUT2D eigenvalue weighted by molar-refractivity contribution is 0.804. The fraction of sp³-hybridized carbons (Fsp3) is 0.0435. The predicted molar refractivity (Wildman–Crippen MR) is 107 cm³/mol. The van der Waals surface area contributed by atoms with Gasteiger partial charge < -0.3 is 0 Å². The molecule has 1 heterocycles. The summed E-state index contributed by atoms with van der Waals surface area (Å²) in [4.78, 5) is 0. The van der Waals surface area contributed by atoms with E-state index in [1.165, 1.54) is 11.1 Å². The van der Waals surface area contributed by atoms with Crippen molar-refractivity contribution >= 4 is 12.2 Å². The van der Waals surface area contributed by atoms with E-state index in [9.17, 15) is 0 Å². The van der Waals surface area contributed by atoms with E-state index in [0.29, 0.717) is 0 Å². The molecule has 3 nitrogen and oxygen atoms in total. The summed E-state index contributed by atoms with van der Waals surface area (Å²) >= 11 is 0. The fourth-order valence-electron chi connectivity index (χ4n) is 2.74. The molecule has 0 aliphatic heterocycles. The first kappa shape index (κ1) is 16.0. The summed E-state index contributed by atoms with van der Waals surface area (Å²) < 4.78 is 1.80. The molecule has 0 amide bonds. The third-order valence-corrected chi connectivity index (χ3v) is 4.27.